The van der Waals surface area contributed by atoms with E-state index >= 15 is 0 Å². The number of guanidine groups is 1. The molecule has 0 radical (unpaired) electrons. The highest BCUT2D eigenvalue weighted by Crippen LogP contribution is 2.15. The first-order chi connectivity index (χ1) is 14.6. The van der Waals surface area contributed by atoms with E-state index in [4.69, 9.17) is 4.99 Å². The average Bonchev–Trinajstić information content (AvgIpc) is 3.05. The van der Waals surface area contributed by atoms with Gasteiger partial charge < -0.3 is 20.1 Å². The van der Waals surface area contributed by atoms with Crippen molar-refractivity contribution in [2.24, 2.45) is 4.99 Å². The molecule has 0 saturated heterocycles. The van der Waals surface area contributed by atoms with Crippen LogP contribution in [0.5, 0.6) is 0 Å². The van der Waals surface area contributed by atoms with Crippen LogP contribution in [0.1, 0.15) is 30.3 Å². The fourth-order valence-electron chi connectivity index (χ4n) is 3.63. The largest absolute Gasteiger partial charge is 0.357 e. The normalized spacial score (nSPS) is 12.0. The van der Waals surface area contributed by atoms with E-state index in [1.165, 1.54) is 16.6 Å². The molecular weight excluding hydrogens is 372 g/mol. The van der Waals surface area contributed by atoms with Gasteiger partial charge in [0.1, 0.15) is 5.82 Å². The van der Waals surface area contributed by atoms with E-state index in [9.17, 15) is 0 Å². The second kappa shape index (κ2) is 10.8. The second-order valence-electron chi connectivity index (χ2n) is 7.78. The summed E-state index contributed by atoms with van der Waals surface area (Å²) in [5.74, 6) is 1.93. The fraction of sp³-hybridized carbons (Fsp3) is 0.417. The molecule has 0 aliphatic heterocycles. The van der Waals surface area contributed by atoms with Crippen LogP contribution in [-0.2, 0) is 19.6 Å². The van der Waals surface area contributed by atoms with E-state index in [2.05, 4.69) is 95.5 Å². The van der Waals surface area contributed by atoms with Gasteiger partial charge in [-0.25, -0.2) is 9.98 Å². The van der Waals surface area contributed by atoms with E-state index < -0.39 is 0 Å². The highest BCUT2D eigenvalue weighted by Gasteiger charge is 2.07. The number of aromatic nitrogens is 2. The third-order valence-corrected chi connectivity index (χ3v) is 5.05. The highest BCUT2D eigenvalue weighted by molar-refractivity contribution is 5.79. The molecule has 0 amide bonds. The van der Waals surface area contributed by atoms with Gasteiger partial charge in [-0.3, -0.25) is 0 Å². The van der Waals surface area contributed by atoms with Crippen molar-refractivity contribution in [3.63, 3.8) is 0 Å². The summed E-state index contributed by atoms with van der Waals surface area (Å²) in [4.78, 5) is 11.6. The van der Waals surface area contributed by atoms with Gasteiger partial charge in [-0.15, -0.1) is 0 Å². The maximum Gasteiger partial charge on any atom is 0.191 e. The zero-order chi connectivity index (χ0) is 21.3. The topological polar surface area (TPSA) is 57.5 Å². The van der Waals surface area contributed by atoms with Crippen LogP contribution in [0.15, 0.2) is 53.5 Å². The number of benzene rings is 2. The summed E-state index contributed by atoms with van der Waals surface area (Å²) in [5, 5.41) is 6.83. The van der Waals surface area contributed by atoms with Crippen LogP contribution >= 0.6 is 0 Å². The number of hydrogen-bond acceptors (Lipinski definition) is 3. The van der Waals surface area contributed by atoms with Crippen molar-refractivity contribution < 1.29 is 0 Å². The van der Waals surface area contributed by atoms with Crippen LogP contribution in [0, 0.1) is 6.92 Å². The third-order valence-electron chi connectivity index (χ3n) is 5.05. The predicted octanol–water partition coefficient (Wildman–Crippen LogP) is 3.55. The molecule has 3 rings (SSSR count). The number of fused-ring (bicyclic) bond motifs is 1. The standard InChI is InChI=1S/C24H34N6/c1-5-25-24(27-17-20-11-6-7-12-21(20)18-29(3)4)26-15-10-16-30-19(2)28-22-13-8-9-14-23(22)30/h6-9,11-14H,5,10,15-18H2,1-4H3,(H2,25,26,27). The summed E-state index contributed by atoms with van der Waals surface area (Å²) in [6.07, 6.45) is 1.00. The molecule has 0 aliphatic carbocycles. The summed E-state index contributed by atoms with van der Waals surface area (Å²) in [6.45, 7) is 8.40. The first-order valence-electron chi connectivity index (χ1n) is 10.7. The Morgan fingerprint density at radius 2 is 1.77 bits per heavy atom. The van der Waals surface area contributed by atoms with Gasteiger partial charge >= 0.3 is 0 Å². The van der Waals surface area contributed by atoms with E-state index in [0.717, 1.165) is 49.9 Å². The molecule has 6 nitrogen and oxygen atoms in total. The summed E-state index contributed by atoms with van der Waals surface area (Å²) in [5.41, 5.74) is 4.86. The molecule has 0 spiro atoms. The minimum Gasteiger partial charge on any atom is -0.357 e. The number of imidazole rings is 1. The molecule has 30 heavy (non-hydrogen) atoms. The van der Waals surface area contributed by atoms with E-state index in [0.29, 0.717) is 6.54 Å². The van der Waals surface area contributed by atoms with Crippen LogP contribution in [0.4, 0.5) is 0 Å². The molecule has 2 N–H and O–H groups in total. The van der Waals surface area contributed by atoms with Crippen molar-refractivity contribution in [3.05, 3.63) is 65.5 Å². The fourth-order valence-corrected chi connectivity index (χ4v) is 3.63. The summed E-state index contributed by atoms with van der Waals surface area (Å²) in [6, 6.07) is 16.8. The highest BCUT2D eigenvalue weighted by atomic mass is 15.2. The Bertz CT molecular complexity index is 973. The number of para-hydroxylation sites is 2. The van der Waals surface area contributed by atoms with Crippen molar-refractivity contribution in [2.75, 3.05) is 27.2 Å². The van der Waals surface area contributed by atoms with Crippen molar-refractivity contribution in [1.29, 1.82) is 0 Å². The van der Waals surface area contributed by atoms with Gasteiger partial charge in [-0.2, -0.15) is 0 Å². The van der Waals surface area contributed by atoms with Gasteiger partial charge in [-0.1, -0.05) is 36.4 Å². The van der Waals surface area contributed by atoms with Gasteiger partial charge in [0.05, 0.1) is 17.6 Å². The zero-order valence-corrected chi connectivity index (χ0v) is 18.7. The summed E-state index contributed by atoms with van der Waals surface area (Å²) >= 11 is 0. The maximum absolute atomic E-state index is 4.81. The monoisotopic (exact) mass is 406 g/mol. The minimum atomic E-state index is 0.671. The molecule has 0 saturated carbocycles. The Morgan fingerprint density at radius 3 is 2.53 bits per heavy atom. The lowest BCUT2D eigenvalue weighted by Crippen LogP contribution is -2.38. The molecule has 1 heterocycles. The SMILES string of the molecule is CCNC(=NCc1ccccc1CN(C)C)NCCCn1c(C)nc2ccccc21. The molecule has 0 fully saturated rings. The molecular formula is C24H34N6. The van der Waals surface area contributed by atoms with Crippen LogP contribution < -0.4 is 10.6 Å². The first kappa shape index (κ1) is 21.8. The third kappa shape index (κ3) is 5.83. The van der Waals surface area contributed by atoms with Gasteiger partial charge in [0.25, 0.3) is 0 Å². The lowest BCUT2D eigenvalue weighted by Gasteiger charge is -2.15. The number of aryl methyl sites for hydroxylation is 2. The van der Waals surface area contributed by atoms with Crippen molar-refractivity contribution in [1.82, 2.24) is 25.1 Å². The Morgan fingerprint density at radius 1 is 1.03 bits per heavy atom. The van der Waals surface area contributed by atoms with Crippen LogP contribution in [0.25, 0.3) is 11.0 Å². The number of rotatable bonds is 9. The molecule has 3 aromatic rings. The van der Waals surface area contributed by atoms with Crippen molar-refractivity contribution in [3.8, 4) is 0 Å². The van der Waals surface area contributed by atoms with Gasteiger partial charge in [0.2, 0.25) is 0 Å². The van der Waals surface area contributed by atoms with E-state index in [1.54, 1.807) is 0 Å². The second-order valence-corrected chi connectivity index (χ2v) is 7.78. The number of aliphatic imine (C=N–C) groups is 1. The smallest absolute Gasteiger partial charge is 0.191 e. The average molecular weight is 407 g/mol. The van der Waals surface area contributed by atoms with Gasteiger partial charge in [0.15, 0.2) is 5.96 Å². The Labute approximate surface area is 180 Å². The molecule has 2 aromatic carbocycles. The van der Waals surface area contributed by atoms with E-state index in [-0.39, 0.29) is 0 Å². The molecule has 0 bridgehead atoms. The number of nitrogens with one attached hydrogen (secondary N) is 2. The molecule has 0 atom stereocenters. The zero-order valence-electron chi connectivity index (χ0n) is 18.7. The Hall–Kier alpha value is -2.86. The lowest BCUT2D eigenvalue weighted by molar-refractivity contribution is 0.401. The molecule has 1 aromatic heterocycles. The molecule has 0 aliphatic rings. The van der Waals surface area contributed by atoms with E-state index in [1.807, 2.05) is 6.07 Å². The van der Waals surface area contributed by atoms with Crippen LogP contribution in [-0.4, -0.2) is 47.6 Å². The number of hydrogen-bond donors (Lipinski definition) is 2. The lowest BCUT2D eigenvalue weighted by atomic mass is 10.1. The quantitative estimate of drug-likeness (QED) is 0.324. The van der Waals surface area contributed by atoms with Gasteiger partial charge in [-0.05, 0) is 57.6 Å². The molecule has 6 heteroatoms. The summed E-state index contributed by atoms with van der Waals surface area (Å²) in [7, 11) is 4.19. The number of nitrogens with zero attached hydrogens (tertiary/aromatic N) is 4. The van der Waals surface area contributed by atoms with Crippen LogP contribution in [0.2, 0.25) is 0 Å². The minimum absolute atomic E-state index is 0.671. The predicted molar refractivity (Wildman–Crippen MR) is 126 cm³/mol. The van der Waals surface area contributed by atoms with Crippen molar-refractivity contribution in [2.45, 2.75) is 39.9 Å². The first-order valence-corrected chi connectivity index (χ1v) is 10.7. The summed E-state index contributed by atoms with van der Waals surface area (Å²) < 4.78 is 2.29. The van der Waals surface area contributed by atoms with Crippen molar-refractivity contribution >= 4 is 17.0 Å². The maximum atomic E-state index is 4.81. The Balaban J connectivity index is 1.57. The van der Waals surface area contributed by atoms with Gasteiger partial charge in [0, 0.05) is 26.2 Å². The van der Waals surface area contributed by atoms with Crippen LogP contribution in [0.3, 0.4) is 0 Å². The molecule has 0 unspecified atom stereocenters. The molecule has 160 valence electrons. The Kier molecular flexibility index (Phi) is 7.85.